The van der Waals surface area contributed by atoms with Crippen molar-refractivity contribution >= 4 is 0 Å². The summed E-state index contributed by atoms with van der Waals surface area (Å²) < 4.78 is 39.7. The van der Waals surface area contributed by atoms with E-state index >= 15 is 0 Å². The maximum absolute atomic E-state index is 13.3. The molecule has 0 fully saturated rings. The smallest absolute Gasteiger partial charge is 0.194 e. The Kier molecular flexibility index (Phi) is 7.54. The van der Waals surface area contributed by atoms with Crippen molar-refractivity contribution in [3.63, 3.8) is 0 Å². The van der Waals surface area contributed by atoms with Crippen LogP contribution >= 0.6 is 0 Å². The highest BCUT2D eigenvalue weighted by Gasteiger charge is 2.11. The normalized spacial score (nSPS) is 12.4. The van der Waals surface area contributed by atoms with Crippen molar-refractivity contribution in [2.75, 3.05) is 0 Å². The van der Waals surface area contributed by atoms with Crippen LogP contribution in [0.5, 0.6) is 0 Å². The molecule has 0 N–H and O–H groups in total. The topological polar surface area (TPSA) is 0 Å². The van der Waals surface area contributed by atoms with Gasteiger partial charge in [-0.2, -0.15) is 0 Å². The molecule has 0 saturated heterocycles. The zero-order valence-electron chi connectivity index (χ0n) is 15.1. The van der Waals surface area contributed by atoms with E-state index in [1.807, 2.05) is 24.3 Å². The Labute approximate surface area is 149 Å². The molecular formula is C22H27F3. The van der Waals surface area contributed by atoms with Crippen LogP contribution in [-0.4, -0.2) is 0 Å². The van der Waals surface area contributed by atoms with Crippen molar-refractivity contribution < 1.29 is 13.2 Å². The SMILES string of the molecule is CCCC(C)CCCCCc1ccc(-c2cc(F)c(F)c(F)c2)cc1. The lowest BCUT2D eigenvalue weighted by atomic mass is 9.97. The van der Waals surface area contributed by atoms with Crippen LogP contribution in [0.15, 0.2) is 36.4 Å². The third-order valence-corrected chi connectivity index (χ3v) is 4.71. The maximum Gasteiger partial charge on any atom is 0.194 e. The number of aryl methyl sites for hydroxylation is 1. The minimum absolute atomic E-state index is 0.355. The van der Waals surface area contributed by atoms with Gasteiger partial charge in [-0.1, -0.05) is 70.2 Å². The molecular weight excluding hydrogens is 321 g/mol. The second kappa shape index (κ2) is 9.65. The van der Waals surface area contributed by atoms with Crippen LogP contribution < -0.4 is 0 Å². The van der Waals surface area contributed by atoms with E-state index in [1.54, 1.807) is 0 Å². The van der Waals surface area contributed by atoms with Gasteiger partial charge in [0.2, 0.25) is 0 Å². The molecule has 0 amide bonds. The number of halogens is 3. The van der Waals surface area contributed by atoms with Gasteiger partial charge in [-0.15, -0.1) is 0 Å². The highest BCUT2D eigenvalue weighted by atomic mass is 19.2. The third kappa shape index (κ3) is 5.91. The van der Waals surface area contributed by atoms with Crippen LogP contribution in [0.2, 0.25) is 0 Å². The lowest BCUT2D eigenvalue weighted by Crippen LogP contribution is -1.94. The molecule has 0 aromatic heterocycles. The first-order valence-corrected chi connectivity index (χ1v) is 9.25. The van der Waals surface area contributed by atoms with Crippen molar-refractivity contribution in [2.24, 2.45) is 5.92 Å². The van der Waals surface area contributed by atoms with Crippen LogP contribution in [-0.2, 0) is 6.42 Å². The monoisotopic (exact) mass is 348 g/mol. The highest BCUT2D eigenvalue weighted by Crippen LogP contribution is 2.24. The minimum Gasteiger partial charge on any atom is -0.204 e. The van der Waals surface area contributed by atoms with Gasteiger partial charge in [0.05, 0.1) is 0 Å². The fourth-order valence-corrected chi connectivity index (χ4v) is 3.22. The molecule has 0 aliphatic heterocycles. The quantitative estimate of drug-likeness (QED) is 0.329. The molecule has 1 unspecified atom stereocenters. The molecule has 2 aromatic rings. The Morgan fingerprint density at radius 3 is 2.04 bits per heavy atom. The first-order chi connectivity index (χ1) is 12.0. The number of rotatable bonds is 9. The van der Waals surface area contributed by atoms with Crippen LogP contribution in [0.25, 0.3) is 11.1 Å². The third-order valence-electron chi connectivity index (χ3n) is 4.71. The fraction of sp³-hybridized carbons (Fsp3) is 0.455. The molecule has 136 valence electrons. The number of hydrogen-bond donors (Lipinski definition) is 0. The Balaban J connectivity index is 1.84. The summed E-state index contributed by atoms with van der Waals surface area (Å²) in [4.78, 5) is 0. The molecule has 2 rings (SSSR count). The largest absolute Gasteiger partial charge is 0.204 e. The first kappa shape index (κ1) is 19.6. The zero-order valence-corrected chi connectivity index (χ0v) is 15.1. The van der Waals surface area contributed by atoms with E-state index in [0.717, 1.165) is 30.9 Å². The fourth-order valence-electron chi connectivity index (χ4n) is 3.22. The molecule has 3 heteroatoms. The van der Waals surface area contributed by atoms with Gasteiger partial charge in [-0.25, -0.2) is 13.2 Å². The Morgan fingerprint density at radius 2 is 1.44 bits per heavy atom. The van der Waals surface area contributed by atoms with Crippen molar-refractivity contribution in [1.29, 1.82) is 0 Å². The molecule has 0 radical (unpaired) electrons. The van der Waals surface area contributed by atoms with Crippen LogP contribution in [0.4, 0.5) is 13.2 Å². The van der Waals surface area contributed by atoms with Crippen molar-refractivity contribution in [1.82, 2.24) is 0 Å². The summed E-state index contributed by atoms with van der Waals surface area (Å²) in [6, 6.07) is 9.70. The molecule has 0 spiro atoms. The van der Waals surface area contributed by atoms with Crippen molar-refractivity contribution in [3.05, 3.63) is 59.4 Å². The average Bonchev–Trinajstić information content (AvgIpc) is 2.60. The number of unbranched alkanes of at least 4 members (excludes halogenated alkanes) is 2. The summed E-state index contributed by atoms with van der Waals surface area (Å²) in [6.07, 6.45) is 8.53. The molecule has 2 aromatic carbocycles. The Hall–Kier alpha value is -1.77. The average molecular weight is 348 g/mol. The molecule has 1 atom stereocenters. The first-order valence-electron chi connectivity index (χ1n) is 9.25. The molecule has 0 nitrogen and oxygen atoms in total. The van der Waals surface area contributed by atoms with Gasteiger partial charge in [0.1, 0.15) is 0 Å². The predicted molar refractivity (Wildman–Crippen MR) is 98.0 cm³/mol. The summed E-state index contributed by atoms with van der Waals surface area (Å²) in [5, 5.41) is 0. The van der Waals surface area contributed by atoms with Crippen LogP contribution in [0.3, 0.4) is 0 Å². The predicted octanol–water partition coefficient (Wildman–Crippen LogP) is 7.31. The number of benzene rings is 2. The number of hydrogen-bond acceptors (Lipinski definition) is 0. The van der Waals surface area contributed by atoms with E-state index in [4.69, 9.17) is 0 Å². The lowest BCUT2D eigenvalue weighted by Gasteiger charge is -2.09. The standard InChI is InChI=1S/C22H27F3/c1-3-7-16(2)8-5-4-6-9-17-10-12-18(13-11-17)19-14-20(23)22(25)21(24)15-19/h10-16H,3-9H2,1-2H3. The maximum atomic E-state index is 13.3. The second-order valence-corrected chi connectivity index (χ2v) is 6.94. The van der Waals surface area contributed by atoms with Gasteiger partial charge < -0.3 is 0 Å². The minimum atomic E-state index is -1.42. The van der Waals surface area contributed by atoms with Gasteiger partial charge in [-0.3, -0.25) is 0 Å². The van der Waals surface area contributed by atoms with E-state index < -0.39 is 17.5 Å². The van der Waals surface area contributed by atoms with E-state index in [0.29, 0.717) is 11.1 Å². The second-order valence-electron chi connectivity index (χ2n) is 6.94. The zero-order chi connectivity index (χ0) is 18.2. The van der Waals surface area contributed by atoms with Gasteiger partial charge >= 0.3 is 0 Å². The van der Waals surface area contributed by atoms with Crippen LogP contribution in [0.1, 0.15) is 57.9 Å². The van der Waals surface area contributed by atoms with E-state index in [-0.39, 0.29) is 0 Å². The van der Waals surface area contributed by atoms with Crippen molar-refractivity contribution in [3.8, 4) is 11.1 Å². The summed E-state index contributed by atoms with van der Waals surface area (Å²) in [5.41, 5.74) is 2.26. The molecule has 0 heterocycles. The molecule has 0 saturated carbocycles. The Morgan fingerprint density at radius 1 is 0.800 bits per heavy atom. The van der Waals surface area contributed by atoms with Gasteiger partial charge in [0, 0.05) is 0 Å². The van der Waals surface area contributed by atoms with E-state index in [9.17, 15) is 13.2 Å². The molecule has 0 bridgehead atoms. The summed E-state index contributed by atoms with van der Waals surface area (Å²) >= 11 is 0. The summed E-state index contributed by atoms with van der Waals surface area (Å²) in [5.74, 6) is -2.91. The molecule has 25 heavy (non-hydrogen) atoms. The van der Waals surface area contributed by atoms with Crippen molar-refractivity contribution in [2.45, 2.75) is 58.8 Å². The van der Waals surface area contributed by atoms with E-state index in [1.165, 1.54) is 37.7 Å². The van der Waals surface area contributed by atoms with Gasteiger partial charge in [0.15, 0.2) is 17.5 Å². The Bertz CT molecular complexity index is 638. The lowest BCUT2D eigenvalue weighted by molar-refractivity contribution is 0.448. The molecule has 0 aliphatic carbocycles. The van der Waals surface area contributed by atoms with Gasteiger partial charge in [-0.05, 0) is 47.6 Å². The summed E-state index contributed by atoms with van der Waals surface area (Å²) in [7, 11) is 0. The van der Waals surface area contributed by atoms with E-state index in [2.05, 4.69) is 13.8 Å². The highest BCUT2D eigenvalue weighted by molar-refractivity contribution is 5.63. The van der Waals surface area contributed by atoms with Gasteiger partial charge in [0.25, 0.3) is 0 Å². The van der Waals surface area contributed by atoms with Crippen LogP contribution in [0, 0.1) is 23.4 Å². The summed E-state index contributed by atoms with van der Waals surface area (Å²) in [6.45, 7) is 4.55. The molecule has 0 aliphatic rings.